The Morgan fingerprint density at radius 2 is 1.79 bits per heavy atom. The highest BCUT2D eigenvalue weighted by molar-refractivity contribution is 5.27. The molecule has 2 aliphatic carbocycles. The molecule has 1 aromatic rings. The molecule has 3 unspecified atom stereocenters. The maximum Gasteiger partial charge on any atom is 0.0720 e. The summed E-state index contributed by atoms with van der Waals surface area (Å²) in [5.41, 5.74) is 2.91. The van der Waals surface area contributed by atoms with E-state index >= 15 is 0 Å². The second kappa shape index (κ2) is 4.79. The molecule has 0 aromatic heterocycles. The van der Waals surface area contributed by atoms with E-state index in [1.165, 1.54) is 24.0 Å². The first-order chi connectivity index (χ1) is 9.02. The Hall–Kier alpha value is -1.08. The molecule has 1 heteroatoms. The van der Waals surface area contributed by atoms with E-state index in [4.69, 9.17) is 4.74 Å². The van der Waals surface area contributed by atoms with E-state index in [-0.39, 0.29) is 5.41 Å². The summed E-state index contributed by atoms with van der Waals surface area (Å²) in [5, 5.41) is 0. The molecular formula is C18H24O. The predicted molar refractivity (Wildman–Crippen MR) is 79.1 cm³/mol. The lowest BCUT2D eigenvalue weighted by Crippen LogP contribution is -2.18. The Bertz CT molecular complexity index is 463. The number of hydrogen-bond acceptors (Lipinski definition) is 1. The van der Waals surface area contributed by atoms with Crippen LogP contribution in [0.1, 0.15) is 44.7 Å². The molecule has 0 saturated heterocycles. The zero-order valence-corrected chi connectivity index (χ0v) is 12.2. The number of ether oxygens (including phenoxy) is 1. The maximum atomic E-state index is 6.10. The molecule has 1 aromatic carbocycles. The van der Waals surface area contributed by atoms with Crippen LogP contribution in [-0.4, -0.2) is 6.10 Å². The first-order valence-electron chi connectivity index (χ1n) is 7.42. The average Bonchev–Trinajstić information content (AvgIpc) is 2.98. The summed E-state index contributed by atoms with van der Waals surface area (Å²) in [6.07, 6.45) is 7.70. The summed E-state index contributed by atoms with van der Waals surface area (Å²) in [4.78, 5) is 0. The van der Waals surface area contributed by atoms with Crippen LogP contribution in [0, 0.1) is 11.8 Å². The van der Waals surface area contributed by atoms with Crippen LogP contribution in [0.5, 0.6) is 0 Å². The van der Waals surface area contributed by atoms with E-state index in [0.717, 1.165) is 12.5 Å². The zero-order valence-electron chi connectivity index (χ0n) is 12.2. The molecule has 1 nitrogen and oxygen atoms in total. The highest BCUT2D eigenvalue weighted by atomic mass is 16.5. The van der Waals surface area contributed by atoms with Crippen molar-refractivity contribution in [2.75, 3.05) is 0 Å². The quantitative estimate of drug-likeness (QED) is 0.725. The second-order valence-electron chi connectivity index (χ2n) is 7.08. The van der Waals surface area contributed by atoms with Gasteiger partial charge in [0, 0.05) is 5.92 Å². The smallest absolute Gasteiger partial charge is 0.0720 e. The van der Waals surface area contributed by atoms with Gasteiger partial charge in [0.1, 0.15) is 0 Å². The summed E-state index contributed by atoms with van der Waals surface area (Å²) >= 11 is 0. The molecule has 0 N–H and O–H groups in total. The largest absolute Gasteiger partial charge is 0.373 e. The van der Waals surface area contributed by atoms with Crippen LogP contribution >= 0.6 is 0 Å². The van der Waals surface area contributed by atoms with Crippen LogP contribution < -0.4 is 0 Å². The summed E-state index contributed by atoms with van der Waals surface area (Å²) in [6.45, 7) is 7.51. The molecule has 0 spiro atoms. The third kappa shape index (κ3) is 2.76. The average molecular weight is 256 g/mol. The van der Waals surface area contributed by atoms with Crippen LogP contribution in [-0.2, 0) is 16.8 Å². The van der Waals surface area contributed by atoms with Crippen LogP contribution in [0.25, 0.3) is 0 Å². The number of fused-ring (bicyclic) bond motifs is 2. The topological polar surface area (TPSA) is 9.23 Å². The first-order valence-corrected chi connectivity index (χ1v) is 7.42. The third-order valence-corrected chi connectivity index (χ3v) is 4.50. The molecule has 3 atom stereocenters. The van der Waals surface area contributed by atoms with Gasteiger partial charge in [0.05, 0.1) is 12.7 Å². The fourth-order valence-electron chi connectivity index (χ4n) is 3.23. The Balaban J connectivity index is 1.57. The lowest BCUT2D eigenvalue weighted by Gasteiger charge is -2.21. The van der Waals surface area contributed by atoms with Crippen LogP contribution in [0.15, 0.2) is 36.4 Å². The summed E-state index contributed by atoms with van der Waals surface area (Å²) in [5.74, 6) is 1.47. The van der Waals surface area contributed by atoms with E-state index in [1.807, 2.05) is 0 Å². The molecule has 0 radical (unpaired) electrons. The van der Waals surface area contributed by atoms with Gasteiger partial charge in [0.15, 0.2) is 0 Å². The van der Waals surface area contributed by atoms with Crippen molar-refractivity contribution >= 4 is 0 Å². The molecule has 1 saturated carbocycles. The molecule has 3 rings (SSSR count). The molecule has 0 aliphatic heterocycles. The number of allylic oxidation sites excluding steroid dienone is 1. The van der Waals surface area contributed by atoms with Gasteiger partial charge < -0.3 is 4.74 Å². The van der Waals surface area contributed by atoms with Gasteiger partial charge in [-0.2, -0.15) is 0 Å². The van der Waals surface area contributed by atoms with Gasteiger partial charge in [-0.3, -0.25) is 0 Å². The van der Waals surface area contributed by atoms with E-state index in [2.05, 4.69) is 57.2 Å². The Kier molecular flexibility index (Phi) is 3.26. The van der Waals surface area contributed by atoms with Gasteiger partial charge in [0.25, 0.3) is 0 Å². The molecule has 102 valence electrons. The van der Waals surface area contributed by atoms with Crippen molar-refractivity contribution in [2.45, 2.75) is 51.7 Å². The van der Waals surface area contributed by atoms with Crippen molar-refractivity contribution in [3.8, 4) is 0 Å². The summed E-state index contributed by atoms with van der Waals surface area (Å²) in [7, 11) is 0. The minimum Gasteiger partial charge on any atom is -0.373 e. The molecule has 0 heterocycles. The SMILES string of the molecule is CC(C)(C)c1ccc(COC2CC3C=CC2C3)cc1. The lowest BCUT2D eigenvalue weighted by atomic mass is 9.87. The molecule has 2 aliphatic rings. The maximum absolute atomic E-state index is 6.10. The Labute approximate surface area is 116 Å². The van der Waals surface area contributed by atoms with E-state index in [0.29, 0.717) is 12.0 Å². The lowest BCUT2D eigenvalue weighted by molar-refractivity contribution is 0.0245. The van der Waals surface area contributed by atoms with Gasteiger partial charge in [-0.15, -0.1) is 0 Å². The zero-order chi connectivity index (χ0) is 13.5. The summed E-state index contributed by atoms with van der Waals surface area (Å²) in [6, 6.07) is 8.89. The molecule has 0 amide bonds. The van der Waals surface area contributed by atoms with Crippen LogP contribution in [0.4, 0.5) is 0 Å². The number of hydrogen-bond donors (Lipinski definition) is 0. The molecule has 1 fully saturated rings. The fourth-order valence-corrected chi connectivity index (χ4v) is 3.23. The van der Waals surface area contributed by atoms with Crippen molar-refractivity contribution in [1.29, 1.82) is 0 Å². The monoisotopic (exact) mass is 256 g/mol. The summed E-state index contributed by atoms with van der Waals surface area (Å²) < 4.78 is 6.10. The van der Waals surface area contributed by atoms with E-state index < -0.39 is 0 Å². The molecule has 19 heavy (non-hydrogen) atoms. The molecule has 2 bridgehead atoms. The third-order valence-electron chi connectivity index (χ3n) is 4.50. The molecular weight excluding hydrogens is 232 g/mol. The standard InChI is InChI=1S/C18H24O/c1-18(2,3)16-8-5-13(6-9-16)12-19-17-11-14-4-7-15(17)10-14/h4-9,14-15,17H,10-12H2,1-3H3. The minimum absolute atomic E-state index is 0.231. The van der Waals surface area contributed by atoms with Crippen LogP contribution in [0.3, 0.4) is 0 Å². The van der Waals surface area contributed by atoms with Gasteiger partial charge in [0.2, 0.25) is 0 Å². The highest BCUT2D eigenvalue weighted by Gasteiger charge is 2.36. The number of benzene rings is 1. The minimum atomic E-state index is 0.231. The van der Waals surface area contributed by atoms with E-state index in [9.17, 15) is 0 Å². The van der Waals surface area contributed by atoms with Gasteiger partial charge in [-0.1, -0.05) is 57.2 Å². The van der Waals surface area contributed by atoms with Gasteiger partial charge >= 0.3 is 0 Å². The Morgan fingerprint density at radius 1 is 1.05 bits per heavy atom. The van der Waals surface area contributed by atoms with Crippen molar-refractivity contribution in [1.82, 2.24) is 0 Å². The normalized spacial score (nSPS) is 29.1. The van der Waals surface area contributed by atoms with Crippen molar-refractivity contribution in [3.63, 3.8) is 0 Å². The van der Waals surface area contributed by atoms with Gasteiger partial charge in [-0.05, 0) is 35.3 Å². The second-order valence-corrected chi connectivity index (χ2v) is 7.08. The van der Waals surface area contributed by atoms with E-state index in [1.54, 1.807) is 0 Å². The highest BCUT2D eigenvalue weighted by Crippen LogP contribution is 2.40. The van der Waals surface area contributed by atoms with Crippen molar-refractivity contribution in [3.05, 3.63) is 47.5 Å². The Morgan fingerprint density at radius 3 is 2.32 bits per heavy atom. The van der Waals surface area contributed by atoms with Crippen molar-refractivity contribution in [2.24, 2.45) is 11.8 Å². The van der Waals surface area contributed by atoms with Gasteiger partial charge in [-0.25, -0.2) is 0 Å². The van der Waals surface area contributed by atoms with Crippen LogP contribution in [0.2, 0.25) is 0 Å². The number of rotatable bonds is 3. The van der Waals surface area contributed by atoms with Crippen molar-refractivity contribution < 1.29 is 4.74 Å². The first kappa shape index (κ1) is 12.9. The predicted octanol–water partition coefficient (Wildman–Crippen LogP) is 4.47. The fraction of sp³-hybridized carbons (Fsp3) is 0.556.